The minimum Gasteiger partial charge on any atom is -0.477 e. The summed E-state index contributed by atoms with van der Waals surface area (Å²) in [7, 11) is 2.16. The van der Waals surface area contributed by atoms with Crippen LogP contribution in [-0.4, -0.2) is 46.1 Å². The predicted molar refractivity (Wildman–Crippen MR) is 73.7 cm³/mol. The van der Waals surface area contributed by atoms with E-state index < -0.39 is 0 Å². The van der Waals surface area contributed by atoms with Crippen molar-refractivity contribution < 1.29 is 4.74 Å². The number of thiocarbonyl (C=S) groups is 1. The summed E-state index contributed by atoms with van der Waals surface area (Å²) in [6, 6.07) is 0.633. The Morgan fingerprint density at radius 3 is 2.94 bits per heavy atom. The SMILES string of the molecule is CN1CCCC1CCOc1cnc(C(N)=S)cn1. The second kappa shape index (κ2) is 6.06. The first kappa shape index (κ1) is 13.2. The highest BCUT2D eigenvalue weighted by Gasteiger charge is 2.20. The molecule has 0 aliphatic carbocycles. The number of nitrogens with zero attached hydrogens (tertiary/aromatic N) is 3. The van der Waals surface area contributed by atoms with E-state index in [-0.39, 0.29) is 4.99 Å². The molecule has 6 heteroatoms. The molecular weight excluding hydrogens is 248 g/mol. The van der Waals surface area contributed by atoms with Crippen molar-refractivity contribution >= 4 is 17.2 Å². The van der Waals surface area contributed by atoms with E-state index >= 15 is 0 Å². The highest BCUT2D eigenvalue weighted by Crippen LogP contribution is 2.17. The van der Waals surface area contributed by atoms with Crippen LogP contribution in [0.2, 0.25) is 0 Å². The van der Waals surface area contributed by atoms with Crippen LogP contribution in [0.1, 0.15) is 25.0 Å². The fourth-order valence-electron chi connectivity index (χ4n) is 2.16. The maximum atomic E-state index is 5.57. The Morgan fingerprint density at radius 1 is 1.56 bits per heavy atom. The molecule has 0 spiro atoms. The molecule has 0 aromatic carbocycles. The van der Waals surface area contributed by atoms with E-state index in [1.165, 1.54) is 19.4 Å². The molecule has 1 aromatic rings. The lowest BCUT2D eigenvalue weighted by molar-refractivity contribution is 0.228. The van der Waals surface area contributed by atoms with Gasteiger partial charge < -0.3 is 15.4 Å². The number of nitrogens with two attached hydrogens (primary N) is 1. The van der Waals surface area contributed by atoms with Gasteiger partial charge in [-0.25, -0.2) is 9.97 Å². The standard InChI is InChI=1S/C12H18N4OS/c1-16-5-2-3-9(16)4-6-17-11-8-14-10(7-15-11)12(13)18/h7-9H,2-6H2,1H3,(H2,13,18). The van der Waals surface area contributed by atoms with Crippen molar-refractivity contribution in [1.29, 1.82) is 0 Å². The van der Waals surface area contributed by atoms with Crippen molar-refractivity contribution in [3.05, 3.63) is 18.1 Å². The zero-order valence-electron chi connectivity index (χ0n) is 10.5. The number of hydrogen-bond donors (Lipinski definition) is 1. The van der Waals surface area contributed by atoms with Crippen LogP contribution in [0.25, 0.3) is 0 Å². The van der Waals surface area contributed by atoms with Crippen LogP contribution in [0.4, 0.5) is 0 Å². The van der Waals surface area contributed by atoms with Crippen LogP contribution >= 0.6 is 12.2 Å². The molecule has 0 radical (unpaired) electrons. The van der Waals surface area contributed by atoms with Gasteiger partial charge in [0.25, 0.3) is 0 Å². The van der Waals surface area contributed by atoms with Crippen molar-refractivity contribution in [3.8, 4) is 5.88 Å². The fraction of sp³-hybridized carbons (Fsp3) is 0.583. The fourth-order valence-corrected chi connectivity index (χ4v) is 2.27. The molecule has 1 atom stereocenters. The van der Waals surface area contributed by atoms with Crippen LogP contribution in [0.15, 0.2) is 12.4 Å². The summed E-state index contributed by atoms with van der Waals surface area (Å²) < 4.78 is 5.57. The van der Waals surface area contributed by atoms with Gasteiger partial charge >= 0.3 is 0 Å². The van der Waals surface area contributed by atoms with E-state index in [0.29, 0.717) is 24.2 Å². The van der Waals surface area contributed by atoms with Crippen molar-refractivity contribution in [2.75, 3.05) is 20.2 Å². The lowest BCUT2D eigenvalue weighted by Gasteiger charge is -2.18. The third kappa shape index (κ3) is 3.36. The lowest BCUT2D eigenvalue weighted by atomic mass is 10.1. The number of aromatic nitrogens is 2. The molecule has 0 amide bonds. The van der Waals surface area contributed by atoms with Crippen molar-refractivity contribution in [1.82, 2.24) is 14.9 Å². The molecule has 0 bridgehead atoms. The molecule has 18 heavy (non-hydrogen) atoms. The smallest absolute Gasteiger partial charge is 0.232 e. The van der Waals surface area contributed by atoms with Gasteiger partial charge in [0.05, 0.1) is 19.0 Å². The molecule has 2 N–H and O–H groups in total. The monoisotopic (exact) mass is 266 g/mol. The van der Waals surface area contributed by atoms with Crippen molar-refractivity contribution in [2.45, 2.75) is 25.3 Å². The van der Waals surface area contributed by atoms with Crippen LogP contribution in [0.5, 0.6) is 5.88 Å². The minimum absolute atomic E-state index is 0.252. The maximum Gasteiger partial charge on any atom is 0.232 e. The van der Waals surface area contributed by atoms with Crippen molar-refractivity contribution in [2.24, 2.45) is 5.73 Å². The van der Waals surface area contributed by atoms with E-state index in [1.807, 2.05) is 0 Å². The van der Waals surface area contributed by atoms with E-state index in [4.69, 9.17) is 22.7 Å². The van der Waals surface area contributed by atoms with Crippen LogP contribution in [0.3, 0.4) is 0 Å². The van der Waals surface area contributed by atoms with E-state index in [2.05, 4.69) is 21.9 Å². The van der Waals surface area contributed by atoms with Gasteiger partial charge in [0.15, 0.2) is 0 Å². The average Bonchev–Trinajstić information content (AvgIpc) is 2.76. The molecule has 2 rings (SSSR count). The van der Waals surface area contributed by atoms with Gasteiger partial charge in [0.1, 0.15) is 10.7 Å². The Kier molecular flexibility index (Phi) is 4.43. The molecule has 2 heterocycles. The molecule has 1 aliphatic rings. The number of ether oxygens (including phenoxy) is 1. The normalized spacial score (nSPS) is 19.9. The third-order valence-electron chi connectivity index (χ3n) is 3.25. The zero-order valence-corrected chi connectivity index (χ0v) is 11.3. The largest absolute Gasteiger partial charge is 0.477 e. The molecule has 0 saturated carbocycles. The van der Waals surface area contributed by atoms with Gasteiger partial charge in [-0.15, -0.1) is 0 Å². The Labute approximate surface area is 112 Å². The molecule has 1 fully saturated rings. The highest BCUT2D eigenvalue weighted by molar-refractivity contribution is 7.80. The van der Waals surface area contributed by atoms with Crippen LogP contribution in [-0.2, 0) is 0 Å². The topological polar surface area (TPSA) is 64.3 Å². The van der Waals surface area contributed by atoms with Gasteiger partial charge in [-0.2, -0.15) is 0 Å². The summed E-state index contributed by atoms with van der Waals surface area (Å²) in [5.74, 6) is 0.524. The Balaban J connectivity index is 1.78. The summed E-state index contributed by atoms with van der Waals surface area (Å²) >= 11 is 4.81. The second-order valence-corrected chi connectivity index (χ2v) is 4.96. The minimum atomic E-state index is 0.252. The molecule has 1 unspecified atom stereocenters. The van der Waals surface area contributed by atoms with Gasteiger partial charge in [0, 0.05) is 6.04 Å². The Hall–Kier alpha value is -1.27. The predicted octanol–water partition coefficient (Wildman–Crippen LogP) is 0.974. The molecular formula is C12H18N4OS. The van der Waals surface area contributed by atoms with Gasteiger partial charge in [-0.05, 0) is 32.9 Å². The summed E-state index contributed by atoms with van der Waals surface area (Å²) in [4.78, 5) is 10.8. The van der Waals surface area contributed by atoms with Crippen molar-refractivity contribution in [3.63, 3.8) is 0 Å². The first-order chi connectivity index (χ1) is 8.66. The van der Waals surface area contributed by atoms with Gasteiger partial charge in [-0.3, -0.25) is 0 Å². The summed E-state index contributed by atoms with van der Waals surface area (Å²) in [6.07, 6.45) is 6.66. The summed E-state index contributed by atoms with van der Waals surface area (Å²) in [5, 5.41) is 0. The molecule has 1 aromatic heterocycles. The summed E-state index contributed by atoms with van der Waals surface area (Å²) in [6.45, 7) is 1.85. The third-order valence-corrected chi connectivity index (χ3v) is 3.46. The lowest BCUT2D eigenvalue weighted by Crippen LogP contribution is -2.26. The first-order valence-electron chi connectivity index (χ1n) is 6.11. The highest BCUT2D eigenvalue weighted by atomic mass is 32.1. The number of rotatable bonds is 5. The number of likely N-dealkylation sites (tertiary alicyclic amines) is 1. The zero-order chi connectivity index (χ0) is 13.0. The van der Waals surface area contributed by atoms with Gasteiger partial charge in [-0.1, -0.05) is 12.2 Å². The number of hydrogen-bond acceptors (Lipinski definition) is 5. The molecule has 98 valence electrons. The van der Waals surface area contributed by atoms with E-state index in [0.717, 1.165) is 6.42 Å². The first-order valence-corrected chi connectivity index (χ1v) is 6.52. The second-order valence-electron chi connectivity index (χ2n) is 4.52. The van der Waals surface area contributed by atoms with Crippen LogP contribution in [0, 0.1) is 0 Å². The quantitative estimate of drug-likeness (QED) is 0.801. The molecule has 1 saturated heterocycles. The van der Waals surface area contributed by atoms with E-state index in [9.17, 15) is 0 Å². The molecule has 1 aliphatic heterocycles. The van der Waals surface area contributed by atoms with Gasteiger partial charge in [0.2, 0.25) is 5.88 Å². The Bertz CT molecular complexity index is 409. The summed E-state index contributed by atoms with van der Waals surface area (Å²) in [5.41, 5.74) is 5.97. The Morgan fingerprint density at radius 2 is 2.39 bits per heavy atom. The maximum absolute atomic E-state index is 5.57. The van der Waals surface area contributed by atoms with Crippen LogP contribution < -0.4 is 10.5 Å². The van der Waals surface area contributed by atoms with E-state index in [1.54, 1.807) is 12.4 Å². The average molecular weight is 266 g/mol. The molecule has 5 nitrogen and oxygen atoms in total.